The molecule has 1 fully saturated rings. The first-order chi connectivity index (χ1) is 14.4. The summed E-state index contributed by atoms with van der Waals surface area (Å²) < 4.78 is 0. The predicted molar refractivity (Wildman–Crippen MR) is 122 cm³/mol. The third-order valence-corrected chi connectivity index (χ3v) is 7.46. The third-order valence-electron chi connectivity index (χ3n) is 7.13. The molecule has 2 heterocycles. The number of aromatic nitrogens is 1. The molecule has 1 aliphatic carbocycles. The monoisotopic (exact) mass is 425 g/mol. The van der Waals surface area contributed by atoms with Crippen molar-refractivity contribution in [1.82, 2.24) is 14.8 Å². The lowest BCUT2D eigenvalue weighted by Gasteiger charge is -2.41. The molecule has 3 atom stereocenters. The van der Waals surface area contributed by atoms with Crippen LogP contribution in [0.1, 0.15) is 55.0 Å². The quantitative estimate of drug-likeness (QED) is 0.724. The fourth-order valence-electron chi connectivity index (χ4n) is 5.15. The fourth-order valence-corrected chi connectivity index (χ4v) is 5.46. The van der Waals surface area contributed by atoms with Gasteiger partial charge in [-0.3, -0.25) is 14.7 Å². The number of fused-ring (bicyclic) bond motifs is 2. The number of rotatable bonds is 3. The van der Waals surface area contributed by atoms with Gasteiger partial charge in [0.05, 0.1) is 11.7 Å². The number of amides is 1. The van der Waals surface area contributed by atoms with Gasteiger partial charge in [-0.2, -0.15) is 0 Å². The lowest BCUT2D eigenvalue weighted by Crippen LogP contribution is -2.52. The molecule has 1 amide bonds. The van der Waals surface area contributed by atoms with Crippen LogP contribution >= 0.6 is 11.6 Å². The molecule has 2 aliphatic rings. The standard InChI is InChI=1S/C25H32ClN3O/c1-16(2)29(4)25(30)21-15-19(12-14-28(21)3)23-22-17(7-5-9-20(22)26)10-11-18-8-6-13-27-24(18)23/h5-9,13,16,19,21,23H,10-12,14-15H2,1-4H3/t19?,21-,23+/m1/s1. The third kappa shape index (κ3) is 3.88. The van der Waals surface area contributed by atoms with E-state index in [1.807, 2.05) is 30.3 Å². The van der Waals surface area contributed by atoms with Gasteiger partial charge in [0.15, 0.2) is 0 Å². The first kappa shape index (κ1) is 21.3. The SMILES string of the molecule is CC(C)N(C)C(=O)[C@H]1CC([C@@H]2c3ncccc3CCc3cccc(Cl)c32)CCN1C. The predicted octanol–water partition coefficient (Wildman–Crippen LogP) is 4.54. The highest BCUT2D eigenvalue weighted by molar-refractivity contribution is 6.31. The van der Waals surface area contributed by atoms with E-state index in [-0.39, 0.29) is 23.9 Å². The number of hydrogen-bond acceptors (Lipinski definition) is 3. The average molecular weight is 426 g/mol. The summed E-state index contributed by atoms with van der Waals surface area (Å²) in [5.41, 5.74) is 5.03. The summed E-state index contributed by atoms with van der Waals surface area (Å²) in [7, 11) is 3.99. The summed E-state index contributed by atoms with van der Waals surface area (Å²) in [5.74, 6) is 0.688. The topological polar surface area (TPSA) is 36.4 Å². The number of likely N-dealkylation sites (tertiary alicyclic amines) is 1. The van der Waals surface area contributed by atoms with Crippen LogP contribution in [0.5, 0.6) is 0 Å². The van der Waals surface area contributed by atoms with Gasteiger partial charge >= 0.3 is 0 Å². The van der Waals surface area contributed by atoms with Crippen molar-refractivity contribution < 1.29 is 4.79 Å². The fraction of sp³-hybridized carbons (Fsp3) is 0.520. The molecular formula is C25H32ClN3O. The van der Waals surface area contributed by atoms with Crippen LogP contribution < -0.4 is 0 Å². The van der Waals surface area contributed by atoms with E-state index < -0.39 is 0 Å². The molecule has 0 spiro atoms. The molecule has 1 saturated heterocycles. The van der Waals surface area contributed by atoms with Crippen LogP contribution in [0.15, 0.2) is 36.5 Å². The molecule has 4 nitrogen and oxygen atoms in total. The van der Waals surface area contributed by atoms with Gasteiger partial charge in [-0.15, -0.1) is 0 Å². The largest absolute Gasteiger partial charge is 0.342 e. The molecule has 2 aromatic rings. The maximum absolute atomic E-state index is 13.2. The summed E-state index contributed by atoms with van der Waals surface area (Å²) >= 11 is 6.80. The molecule has 30 heavy (non-hydrogen) atoms. The summed E-state index contributed by atoms with van der Waals surface area (Å²) in [6.07, 6.45) is 5.74. The number of nitrogens with zero attached hydrogens (tertiary/aromatic N) is 3. The second-order valence-corrected chi connectivity index (χ2v) is 9.57. The van der Waals surface area contributed by atoms with Gasteiger partial charge in [0.1, 0.15) is 0 Å². The number of carbonyl (C=O) groups is 1. The van der Waals surface area contributed by atoms with Crippen LogP contribution in [0.3, 0.4) is 0 Å². The van der Waals surface area contributed by atoms with Crippen molar-refractivity contribution in [3.63, 3.8) is 0 Å². The van der Waals surface area contributed by atoms with Gasteiger partial charge in [-0.1, -0.05) is 29.8 Å². The molecule has 1 aromatic heterocycles. The van der Waals surface area contributed by atoms with Crippen molar-refractivity contribution >= 4 is 17.5 Å². The zero-order valence-corrected chi connectivity index (χ0v) is 19.2. The van der Waals surface area contributed by atoms with E-state index >= 15 is 0 Å². The average Bonchev–Trinajstić information content (AvgIpc) is 2.91. The second-order valence-electron chi connectivity index (χ2n) is 9.16. The van der Waals surface area contributed by atoms with E-state index in [9.17, 15) is 4.79 Å². The van der Waals surface area contributed by atoms with Gasteiger partial charge in [-0.05, 0) is 87.9 Å². The second kappa shape index (κ2) is 8.68. The molecule has 0 bridgehead atoms. The van der Waals surface area contributed by atoms with Crippen LogP contribution in [0.25, 0.3) is 0 Å². The molecule has 1 unspecified atom stereocenters. The minimum Gasteiger partial charge on any atom is -0.342 e. The van der Waals surface area contributed by atoms with E-state index in [2.05, 4.69) is 44.0 Å². The number of likely N-dealkylation sites (N-methyl/N-ethyl adjacent to an activating group) is 2. The number of pyridine rings is 1. The molecule has 0 radical (unpaired) electrons. The Morgan fingerprint density at radius 3 is 2.70 bits per heavy atom. The van der Waals surface area contributed by atoms with E-state index in [1.165, 1.54) is 16.7 Å². The normalized spacial score (nSPS) is 24.1. The van der Waals surface area contributed by atoms with Crippen molar-refractivity contribution in [3.8, 4) is 0 Å². The molecule has 4 rings (SSSR count). The number of aryl methyl sites for hydroxylation is 2. The summed E-state index contributed by atoms with van der Waals surface area (Å²) in [4.78, 5) is 22.2. The molecule has 1 aromatic carbocycles. The molecule has 0 N–H and O–H groups in total. The molecular weight excluding hydrogens is 394 g/mol. The van der Waals surface area contributed by atoms with E-state index in [1.54, 1.807) is 0 Å². The van der Waals surface area contributed by atoms with Crippen molar-refractivity contribution in [2.24, 2.45) is 5.92 Å². The first-order valence-electron chi connectivity index (χ1n) is 11.1. The van der Waals surface area contributed by atoms with Crippen molar-refractivity contribution in [2.75, 3.05) is 20.6 Å². The maximum Gasteiger partial charge on any atom is 0.239 e. The Balaban J connectivity index is 1.75. The highest BCUT2D eigenvalue weighted by Gasteiger charge is 2.40. The van der Waals surface area contributed by atoms with Gasteiger partial charge < -0.3 is 4.90 Å². The number of carbonyl (C=O) groups excluding carboxylic acids is 1. The molecule has 0 saturated carbocycles. The highest BCUT2D eigenvalue weighted by atomic mass is 35.5. The van der Waals surface area contributed by atoms with Crippen molar-refractivity contribution in [3.05, 3.63) is 63.9 Å². The Labute approximate surface area is 185 Å². The minimum atomic E-state index is -0.0995. The highest BCUT2D eigenvalue weighted by Crippen LogP contribution is 2.45. The Bertz CT molecular complexity index is 928. The zero-order chi connectivity index (χ0) is 21.4. The number of halogens is 1. The van der Waals surface area contributed by atoms with Crippen molar-refractivity contribution in [2.45, 2.75) is 57.5 Å². The summed E-state index contributed by atoms with van der Waals surface area (Å²) in [6.45, 7) is 5.05. The van der Waals surface area contributed by atoms with Crippen LogP contribution in [-0.2, 0) is 17.6 Å². The summed E-state index contributed by atoms with van der Waals surface area (Å²) in [6, 6.07) is 10.6. The maximum atomic E-state index is 13.2. The first-order valence-corrected chi connectivity index (χ1v) is 11.4. The lowest BCUT2D eigenvalue weighted by molar-refractivity contribution is -0.138. The minimum absolute atomic E-state index is 0.0995. The van der Waals surface area contributed by atoms with E-state index in [4.69, 9.17) is 16.6 Å². The lowest BCUT2D eigenvalue weighted by atomic mass is 9.74. The van der Waals surface area contributed by atoms with Crippen LogP contribution in [-0.4, -0.2) is 53.4 Å². The Hall–Kier alpha value is -1.91. The van der Waals surface area contributed by atoms with Gasteiger partial charge in [0.25, 0.3) is 0 Å². The Kier molecular flexibility index (Phi) is 6.17. The zero-order valence-electron chi connectivity index (χ0n) is 18.4. The van der Waals surface area contributed by atoms with E-state index in [0.717, 1.165) is 42.9 Å². The molecule has 160 valence electrons. The van der Waals surface area contributed by atoms with Gasteiger partial charge in [0, 0.05) is 30.2 Å². The van der Waals surface area contributed by atoms with Crippen molar-refractivity contribution in [1.29, 1.82) is 0 Å². The van der Waals surface area contributed by atoms with Crippen LogP contribution in [0.4, 0.5) is 0 Å². The van der Waals surface area contributed by atoms with Crippen LogP contribution in [0.2, 0.25) is 5.02 Å². The van der Waals surface area contributed by atoms with Gasteiger partial charge in [0.2, 0.25) is 5.91 Å². The molecule has 5 heteroatoms. The Morgan fingerprint density at radius 1 is 1.20 bits per heavy atom. The number of hydrogen-bond donors (Lipinski definition) is 0. The molecule has 1 aliphatic heterocycles. The number of piperidine rings is 1. The summed E-state index contributed by atoms with van der Waals surface area (Å²) in [5, 5.41) is 0.831. The Morgan fingerprint density at radius 2 is 1.93 bits per heavy atom. The van der Waals surface area contributed by atoms with Gasteiger partial charge in [-0.25, -0.2) is 0 Å². The number of benzene rings is 1. The van der Waals surface area contributed by atoms with E-state index in [0.29, 0.717) is 5.92 Å². The smallest absolute Gasteiger partial charge is 0.239 e. The van der Waals surface area contributed by atoms with Crippen LogP contribution in [0, 0.1) is 5.92 Å².